The van der Waals surface area contributed by atoms with Crippen LogP contribution in [-0.2, 0) is 6.42 Å². The fraction of sp³-hybridized carbons (Fsp3) is 0.261. The van der Waals surface area contributed by atoms with Crippen LogP contribution >= 0.6 is 0 Å². The molecule has 1 unspecified atom stereocenters. The van der Waals surface area contributed by atoms with Crippen LogP contribution in [0.2, 0.25) is 0 Å². The normalized spacial score (nSPS) is 11.6. The molecule has 5 nitrogen and oxygen atoms in total. The maximum Gasteiger partial charge on any atom is 0.270 e. The first-order valence-corrected chi connectivity index (χ1v) is 9.61. The van der Waals surface area contributed by atoms with Gasteiger partial charge >= 0.3 is 0 Å². The summed E-state index contributed by atoms with van der Waals surface area (Å²) in [5.41, 5.74) is 2.75. The summed E-state index contributed by atoms with van der Waals surface area (Å²) >= 11 is 0. The molecule has 0 spiro atoms. The smallest absolute Gasteiger partial charge is 0.270 e. The lowest BCUT2D eigenvalue weighted by molar-refractivity contribution is 0.0934. The molecule has 1 heterocycles. The van der Waals surface area contributed by atoms with E-state index in [9.17, 15) is 4.79 Å². The molecule has 5 heteroatoms. The molecule has 144 valence electrons. The molecule has 2 aromatic carbocycles. The molecule has 0 saturated carbocycles. The van der Waals surface area contributed by atoms with Crippen LogP contribution in [0.5, 0.6) is 0 Å². The van der Waals surface area contributed by atoms with E-state index in [0.717, 1.165) is 24.9 Å². The van der Waals surface area contributed by atoms with Gasteiger partial charge in [0.2, 0.25) is 0 Å². The maximum atomic E-state index is 12.6. The second-order valence-electron chi connectivity index (χ2n) is 6.81. The largest absolute Gasteiger partial charge is 0.370 e. The summed E-state index contributed by atoms with van der Waals surface area (Å²) in [6.07, 6.45) is 1.99. The Morgan fingerprint density at radius 3 is 2.39 bits per heavy atom. The molecule has 2 N–H and O–H groups in total. The zero-order valence-electron chi connectivity index (χ0n) is 16.4. The van der Waals surface area contributed by atoms with E-state index in [-0.39, 0.29) is 11.9 Å². The quantitative estimate of drug-likeness (QED) is 0.576. The zero-order valence-corrected chi connectivity index (χ0v) is 16.4. The van der Waals surface area contributed by atoms with Crippen LogP contribution in [0.4, 0.5) is 5.82 Å². The number of benzene rings is 2. The van der Waals surface area contributed by atoms with E-state index in [1.165, 1.54) is 5.56 Å². The minimum absolute atomic E-state index is 0.0914. The fourth-order valence-corrected chi connectivity index (χ4v) is 3.02. The molecule has 28 heavy (non-hydrogen) atoms. The van der Waals surface area contributed by atoms with Gasteiger partial charge in [-0.15, -0.1) is 0 Å². The summed E-state index contributed by atoms with van der Waals surface area (Å²) in [6.45, 7) is 4.55. The minimum Gasteiger partial charge on any atom is -0.370 e. The number of aryl methyl sites for hydroxylation is 2. The van der Waals surface area contributed by atoms with Crippen LogP contribution in [0.3, 0.4) is 0 Å². The standard InChI is InChI=1S/C23H26N4O/c1-17(20-13-7-4-8-14-20)25-23(28)21-16-22(27-18(2)26-21)24-15-9-12-19-10-5-3-6-11-19/h3-8,10-11,13-14,16-17H,9,12,15H2,1-2H3,(H,25,28)(H,24,26,27). The van der Waals surface area contributed by atoms with Gasteiger partial charge in [0.15, 0.2) is 0 Å². The molecule has 1 atom stereocenters. The average molecular weight is 374 g/mol. The van der Waals surface area contributed by atoms with E-state index in [4.69, 9.17) is 0 Å². The Labute approximate surface area is 166 Å². The number of carbonyl (C=O) groups excluding carboxylic acids is 1. The SMILES string of the molecule is Cc1nc(NCCCc2ccccc2)cc(C(=O)NC(C)c2ccccc2)n1. The third kappa shape index (κ3) is 5.64. The summed E-state index contributed by atoms with van der Waals surface area (Å²) < 4.78 is 0. The van der Waals surface area contributed by atoms with Crippen molar-refractivity contribution < 1.29 is 4.79 Å². The van der Waals surface area contributed by atoms with Gasteiger partial charge < -0.3 is 10.6 Å². The van der Waals surface area contributed by atoms with Gasteiger partial charge in [0, 0.05) is 12.6 Å². The van der Waals surface area contributed by atoms with Crippen LogP contribution in [0.1, 0.15) is 46.8 Å². The van der Waals surface area contributed by atoms with Gasteiger partial charge in [0.25, 0.3) is 5.91 Å². The molecular formula is C23H26N4O. The Balaban J connectivity index is 1.57. The number of carbonyl (C=O) groups is 1. The molecule has 1 amide bonds. The average Bonchev–Trinajstić information content (AvgIpc) is 2.72. The minimum atomic E-state index is -0.200. The predicted molar refractivity (Wildman–Crippen MR) is 112 cm³/mol. The highest BCUT2D eigenvalue weighted by Crippen LogP contribution is 2.13. The molecule has 0 fully saturated rings. The molecule has 3 aromatic rings. The molecule has 0 radical (unpaired) electrons. The van der Waals surface area contributed by atoms with Crippen molar-refractivity contribution >= 4 is 11.7 Å². The molecule has 3 rings (SSSR count). The highest BCUT2D eigenvalue weighted by Gasteiger charge is 2.14. The topological polar surface area (TPSA) is 66.9 Å². The number of rotatable bonds is 8. The molecule has 0 aliphatic rings. The molecule has 0 bridgehead atoms. The van der Waals surface area contributed by atoms with Crippen molar-refractivity contribution in [1.29, 1.82) is 0 Å². The first-order chi connectivity index (χ1) is 13.6. The third-order valence-electron chi connectivity index (χ3n) is 4.51. The second-order valence-corrected chi connectivity index (χ2v) is 6.81. The second kappa shape index (κ2) is 9.65. The predicted octanol–water partition coefficient (Wildman–Crippen LogP) is 4.32. The maximum absolute atomic E-state index is 12.6. The van der Waals surface area contributed by atoms with Crippen molar-refractivity contribution in [2.45, 2.75) is 32.7 Å². The van der Waals surface area contributed by atoms with Gasteiger partial charge in [-0.2, -0.15) is 0 Å². The number of amides is 1. The van der Waals surface area contributed by atoms with Crippen LogP contribution in [0.15, 0.2) is 66.7 Å². The van der Waals surface area contributed by atoms with Crippen LogP contribution in [0, 0.1) is 6.92 Å². The Morgan fingerprint density at radius 2 is 1.68 bits per heavy atom. The zero-order chi connectivity index (χ0) is 19.8. The summed E-state index contributed by atoms with van der Waals surface area (Å²) in [5.74, 6) is 1.05. The van der Waals surface area contributed by atoms with Crippen molar-refractivity contribution in [3.63, 3.8) is 0 Å². The lowest BCUT2D eigenvalue weighted by Crippen LogP contribution is -2.28. The van der Waals surface area contributed by atoms with E-state index in [2.05, 4.69) is 44.9 Å². The van der Waals surface area contributed by atoms with Crippen LogP contribution < -0.4 is 10.6 Å². The van der Waals surface area contributed by atoms with Crippen LogP contribution in [0.25, 0.3) is 0 Å². The number of nitrogens with zero attached hydrogens (tertiary/aromatic N) is 2. The van der Waals surface area contributed by atoms with E-state index >= 15 is 0 Å². The van der Waals surface area contributed by atoms with Gasteiger partial charge in [-0.25, -0.2) is 9.97 Å². The van der Waals surface area contributed by atoms with Crippen molar-refractivity contribution in [2.24, 2.45) is 0 Å². The molecule has 0 aliphatic heterocycles. The molecule has 1 aromatic heterocycles. The Kier molecular flexibility index (Phi) is 6.73. The molecule has 0 saturated heterocycles. The lowest BCUT2D eigenvalue weighted by atomic mass is 10.1. The Hall–Kier alpha value is -3.21. The first kappa shape index (κ1) is 19.5. The highest BCUT2D eigenvalue weighted by atomic mass is 16.1. The van der Waals surface area contributed by atoms with Gasteiger partial charge in [-0.1, -0.05) is 60.7 Å². The first-order valence-electron chi connectivity index (χ1n) is 9.61. The lowest BCUT2D eigenvalue weighted by Gasteiger charge is -2.14. The highest BCUT2D eigenvalue weighted by molar-refractivity contribution is 5.93. The summed E-state index contributed by atoms with van der Waals surface area (Å²) in [7, 11) is 0. The summed E-state index contributed by atoms with van der Waals surface area (Å²) in [5, 5.41) is 6.30. The number of aromatic nitrogens is 2. The molecule has 0 aliphatic carbocycles. The van der Waals surface area contributed by atoms with E-state index in [0.29, 0.717) is 17.3 Å². The van der Waals surface area contributed by atoms with Gasteiger partial charge in [-0.05, 0) is 37.8 Å². The third-order valence-corrected chi connectivity index (χ3v) is 4.51. The van der Waals surface area contributed by atoms with Crippen molar-refractivity contribution in [3.8, 4) is 0 Å². The summed E-state index contributed by atoms with van der Waals surface area (Å²) in [6, 6.07) is 21.9. The van der Waals surface area contributed by atoms with Crippen LogP contribution in [-0.4, -0.2) is 22.4 Å². The van der Waals surface area contributed by atoms with Crippen molar-refractivity contribution in [1.82, 2.24) is 15.3 Å². The van der Waals surface area contributed by atoms with Crippen molar-refractivity contribution in [2.75, 3.05) is 11.9 Å². The van der Waals surface area contributed by atoms with E-state index < -0.39 is 0 Å². The van der Waals surface area contributed by atoms with Crippen molar-refractivity contribution in [3.05, 3.63) is 89.4 Å². The van der Waals surface area contributed by atoms with Gasteiger partial charge in [-0.3, -0.25) is 4.79 Å². The fourth-order valence-electron chi connectivity index (χ4n) is 3.02. The number of hydrogen-bond acceptors (Lipinski definition) is 4. The number of anilines is 1. The van der Waals surface area contributed by atoms with Gasteiger partial charge in [0.05, 0.1) is 6.04 Å². The monoisotopic (exact) mass is 374 g/mol. The Bertz CT molecular complexity index is 897. The molecular weight excluding hydrogens is 348 g/mol. The van der Waals surface area contributed by atoms with E-state index in [1.54, 1.807) is 13.0 Å². The Morgan fingerprint density at radius 1 is 1.00 bits per heavy atom. The number of nitrogens with one attached hydrogen (secondary N) is 2. The number of hydrogen-bond donors (Lipinski definition) is 2. The van der Waals surface area contributed by atoms with Gasteiger partial charge in [0.1, 0.15) is 17.3 Å². The summed E-state index contributed by atoms with van der Waals surface area (Å²) in [4.78, 5) is 21.3. The van der Waals surface area contributed by atoms with E-state index in [1.807, 2.05) is 43.3 Å².